The first-order chi connectivity index (χ1) is 12.0. The monoisotopic (exact) mass is 393 g/mol. The summed E-state index contributed by atoms with van der Waals surface area (Å²) in [5.41, 5.74) is 3.39. The van der Waals surface area contributed by atoms with Crippen molar-refractivity contribution in [3.05, 3.63) is 48.0 Å². The molecule has 0 amide bonds. The standard InChI is InChI=1S/C20H23NO3S.ClH/c1-25(22,23)18-5-2-14(3-6-18)16-4-7-19-17(12-16)13-20(24-19)15-8-10-21-11-9-15;/h2-7,12,15,20-21H,8-11,13H2,1H3;1H. The maximum Gasteiger partial charge on any atom is 0.175 e. The zero-order chi connectivity index (χ0) is 17.4. The van der Waals surface area contributed by atoms with E-state index in [1.807, 2.05) is 12.1 Å². The molecule has 4 rings (SSSR count). The van der Waals surface area contributed by atoms with Gasteiger partial charge in [-0.3, -0.25) is 0 Å². The molecule has 0 radical (unpaired) electrons. The summed E-state index contributed by atoms with van der Waals surface area (Å²) in [6.45, 7) is 2.16. The lowest BCUT2D eigenvalue weighted by atomic mass is 9.89. The molecule has 0 aliphatic carbocycles. The zero-order valence-corrected chi connectivity index (χ0v) is 16.4. The SMILES string of the molecule is CS(=O)(=O)c1ccc(-c2ccc3c(c2)CC(C2CCNCC2)O3)cc1.Cl. The van der Waals surface area contributed by atoms with Crippen LogP contribution in [0.15, 0.2) is 47.4 Å². The lowest BCUT2D eigenvalue weighted by Gasteiger charge is -2.27. The molecular formula is C20H24ClNO3S. The van der Waals surface area contributed by atoms with Gasteiger partial charge in [-0.1, -0.05) is 18.2 Å². The third-order valence-corrected chi connectivity index (χ3v) is 6.41. The number of piperidine rings is 1. The minimum absolute atomic E-state index is 0. The van der Waals surface area contributed by atoms with E-state index in [-0.39, 0.29) is 12.4 Å². The fourth-order valence-electron chi connectivity index (χ4n) is 3.83. The first-order valence-corrected chi connectivity index (χ1v) is 10.7. The van der Waals surface area contributed by atoms with Crippen molar-refractivity contribution in [3.8, 4) is 16.9 Å². The molecule has 4 nitrogen and oxygen atoms in total. The molecule has 2 aromatic carbocycles. The number of ether oxygens (including phenoxy) is 1. The molecule has 1 unspecified atom stereocenters. The van der Waals surface area contributed by atoms with Crippen molar-refractivity contribution in [2.24, 2.45) is 5.92 Å². The van der Waals surface area contributed by atoms with Gasteiger partial charge in [-0.05, 0) is 72.8 Å². The van der Waals surface area contributed by atoms with E-state index in [9.17, 15) is 8.42 Å². The Hall–Kier alpha value is -1.56. The van der Waals surface area contributed by atoms with Crippen molar-refractivity contribution in [2.45, 2.75) is 30.3 Å². The van der Waals surface area contributed by atoms with Crippen LogP contribution in [0.5, 0.6) is 5.75 Å². The molecular weight excluding hydrogens is 370 g/mol. The van der Waals surface area contributed by atoms with Crippen LogP contribution in [0.25, 0.3) is 11.1 Å². The van der Waals surface area contributed by atoms with Crippen LogP contribution in [0.4, 0.5) is 0 Å². The molecule has 1 N–H and O–H groups in total. The molecule has 6 heteroatoms. The third kappa shape index (κ3) is 3.90. The number of sulfone groups is 1. The van der Waals surface area contributed by atoms with E-state index < -0.39 is 9.84 Å². The lowest BCUT2D eigenvalue weighted by Crippen LogP contribution is -2.36. The molecule has 2 aliphatic heterocycles. The number of hydrogen-bond acceptors (Lipinski definition) is 4. The van der Waals surface area contributed by atoms with Gasteiger partial charge in [-0.25, -0.2) is 8.42 Å². The van der Waals surface area contributed by atoms with Gasteiger partial charge in [-0.15, -0.1) is 12.4 Å². The average Bonchev–Trinajstić information content (AvgIpc) is 3.05. The van der Waals surface area contributed by atoms with E-state index in [1.165, 1.54) is 24.7 Å². The molecule has 0 aromatic heterocycles. The number of benzene rings is 2. The Kier molecular flexibility index (Phi) is 5.61. The Morgan fingerprint density at radius 1 is 1.00 bits per heavy atom. The molecule has 1 atom stereocenters. The average molecular weight is 394 g/mol. The van der Waals surface area contributed by atoms with Gasteiger partial charge >= 0.3 is 0 Å². The van der Waals surface area contributed by atoms with Crippen LogP contribution in [-0.2, 0) is 16.3 Å². The summed E-state index contributed by atoms with van der Waals surface area (Å²) >= 11 is 0. The smallest absolute Gasteiger partial charge is 0.175 e. The molecule has 26 heavy (non-hydrogen) atoms. The van der Waals surface area contributed by atoms with Crippen molar-refractivity contribution in [1.82, 2.24) is 5.32 Å². The highest BCUT2D eigenvalue weighted by Crippen LogP contribution is 2.37. The van der Waals surface area contributed by atoms with Crippen LogP contribution in [-0.4, -0.2) is 33.9 Å². The summed E-state index contributed by atoms with van der Waals surface area (Å²) in [5.74, 6) is 1.63. The summed E-state index contributed by atoms with van der Waals surface area (Å²) < 4.78 is 29.4. The zero-order valence-electron chi connectivity index (χ0n) is 14.8. The topological polar surface area (TPSA) is 55.4 Å². The van der Waals surface area contributed by atoms with E-state index in [4.69, 9.17) is 4.74 Å². The predicted octanol–water partition coefficient (Wildman–Crippen LogP) is 3.48. The maximum absolute atomic E-state index is 11.6. The molecule has 0 bridgehead atoms. The normalized spacial score (nSPS) is 20.1. The van der Waals surface area contributed by atoms with Gasteiger partial charge in [0.05, 0.1) is 4.90 Å². The number of hydrogen-bond donors (Lipinski definition) is 1. The van der Waals surface area contributed by atoms with Crippen molar-refractivity contribution < 1.29 is 13.2 Å². The van der Waals surface area contributed by atoms with E-state index in [2.05, 4.69) is 23.5 Å². The lowest BCUT2D eigenvalue weighted by molar-refractivity contribution is 0.134. The Balaban J connectivity index is 0.00000196. The quantitative estimate of drug-likeness (QED) is 0.867. The van der Waals surface area contributed by atoms with Crippen LogP contribution in [0.3, 0.4) is 0 Å². The van der Waals surface area contributed by atoms with E-state index in [1.54, 1.807) is 12.1 Å². The highest BCUT2D eigenvalue weighted by atomic mass is 35.5. The number of fused-ring (bicyclic) bond motifs is 1. The highest BCUT2D eigenvalue weighted by Gasteiger charge is 2.31. The van der Waals surface area contributed by atoms with Crippen LogP contribution < -0.4 is 10.1 Å². The van der Waals surface area contributed by atoms with Crippen LogP contribution in [0, 0.1) is 5.92 Å². The second-order valence-corrected chi connectivity index (χ2v) is 9.08. The molecule has 1 fully saturated rings. The van der Waals surface area contributed by atoms with Gasteiger partial charge in [-0.2, -0.15) is 0 Å². The predicted molar refractivity (Wildman–Crippen MR) is 106 cm³/mol. The fraction of sp³-hybridized carbons (Fsp3) is 0.400. The van der Waals surface area contributed by atoms with Crippen LogP contribution >= 0.6 is 12.4 Å². The summed E-state index contributed by atoms with van der Waals surface area (Å²) in [6, 6.07) is 13.4. The summed E-state index contributed by atoms with van der Waals surface area (Å²) in [4.78, 5) is 0.353. The molecule has 140 valence electrons. The summed E-state index contributed by atoms with van der Waals surface area (Å²) in [5, 5.41) is 3.41. The molecule has 2 aliphatic rings. The Morgan fingerprint density at radius 3 is 2.31 bits per heavy atom. The van der Waals surface area contributed by atoms with E-state index >= 15 is 0 Å². The first-order valence-electron chi connectivity index (χ1n) is 8.81. The molecule has 0 spiro atoms. The fourth-order valence-corrected chi connectivity index (χ4v) is 4.46. The summed E-state index contributed by atoms with van der Waals surface area (Å²) in [7, 11) is -3.16. The van der Waals surface area contributed by atoms with Crippen LogP contribution in [0.2, 0.25) is 0 Å². The number of halogens is 1. The van der Waals surface area contributed by atoms with Gasteiger partial charge in [0.25, 0.3) is 0 Å². The van der Waals surface area contributed by atoms with E-state index in [0.29, 0.717) is 16.9 Å². The maximum atomic E-state index is 11.6. The number of rotatable bonds is 3. The summed E-state index contributed by atoms with van der Waals surface area (Å²) in [6.07, 6.45) is 4.85. The van der Waals surface area contributed by atoms with Gasteiger partial charge in [0.15, 0.2) is 9.84 Å². The highest BCUT2D eigenvalue weighted by molar-refractivity contribution is 7.90. The first kappa shape index (κ1) is 19.2. The Labute approximate surface area is 161 Å². The van der Waals surface area contributed by atoms with Gasteiger partial charge < -0.3 is 10.1 Å². The Bertz CT molecular complexity index is 874. The molecule has 2 heterocycles. The molecule has 1 saturated heterocycles. The van der Waals surface area contributed by atoms with Crippen LogP contribution in [0.1, 0.15) is 18.4 Å². The Morgan fingerprint density at radius 2 is 1.65 bits per heavy atom. The van der Waals surface area contributed by atoms with Gasteiger partial charge in [0.2, 0.25) is 0 Å². The minimum Gasteiger partial charge on any atom is -0.490 e. The minimum atomic E-state index is -3.16. The molecule has 2 aromatic rings. The van der Waals surface area contributed by atoms with Gasteiger partial charge in [0, 0.05) is 12.7 Å². The van der Waals surface area contributed by atoms with E-state index in [0.717, 1.165) is 36.4 Å². The second kappa shape index (κ2) is 7.59. The third-order valence-electron chi connectivity index (χ3n) is 5.29. The largest absolute Gasteiger partial charge is 0.490 e. The molecule has 0 saturated carbocycles. The second-order valence-electron chi connectivity index (χ2n) is 7.07. The number of nitrogens with one attached hydrogen (secondary N) is 1. The van der Waals surface area contributed by atoms with Gasteiger partial charge in [0.1, 0.15) is 11.9 Å². The van der Waals surface area contributed by atoms with Crippen molar-refractivity contribution >= 4 is 22.2 Å². The van der Waals surface area contributed by atoms with Crippen molar-refractivity contribution in [1.29, 1.82) is 0 Å². The van der Waals surface area contributed by atoms with Crippen molar-refractivity contribution in [2.75, 3.05) is 19.3 Å². The van der Waals surface area contributed by atoms with Crippen molar-refractivity contribution in [3.63, 3.8) is 0 Å².